The predicted molar refractivity (Wildman–Crippen MR) is 89.2 cm³/mol. The molecule has 1 saturated heterocycles. The molecule has 1 aliphatic rings. The molecule has 0 aromatic heterocycles. The molecule has 2 amide bonds. The molecule has 6 nitrogen and oxygen atoms in total. The van der Waals surface area contributed by atoms with Gasteiger partial charge in [-0.1, -0.05) is 12.1 Å². The van der Waals surface area contributed by atoms with Gasteiger partial charge in [0.2, 0.25) is 5.91 Å². The van der Waals surface area contributed by atoms with E-state index < -0.39 is 23.5 Å². The molecular weight excluding hydrogens is 319 g/mol. The van der Waals surface area contributed by atoms with Crippen molar-refractivity contribution in [2.24, 2.45) is 10.9 Å². The Kier molecular flexibility index (Phi) is 5.51. The molecule has 23 heavy (non-hydrogen) atoms. The molecule has 1 aromatic carbocycles. The normalized spacial score (nSPS) is 18.9. The molecule has 0 bridgehead atoms. The van der Waals surface area contributed by atoms with Gasteiger partial charge in [0.05, 0.1) is 32.9 Å². The highest BCUT2D eigenvalue weighted by Crippen LogP contribution is 2.23. The summed E-state index contributed by atoms with van der Waals surface area (Å²) in [5.41, 5.74) is 0.0126. The van der Waals surface area contributed by atoms with Gasteiger partial charge in [-0.05, 0) is 24.4 Å². The third-order valence-electron chi connectivity index (χ3n) is 3.29. The Morgan fingerprint density at radius 1 is 1.39 bits per heavy atom. The molecule has 1 fully saturated rings. The van der Waals surface area contributed by atoms with E-state index >= 15 is 0 Å². The highest BCUT2D eigenvalue weighted by Gasteiger charge is 2.39. The fourth-order valence-electron chi connectivity index (χ4n) is 2.05. The Bertz CT molecular complexity index is 663. The zero-order valence-electron chi connectivity index (χ0n) is 12.9. The third-order valence-corrected chi connectivity index (χ3v) is 3.58. The van der Waals surface area contributed by atoms with Crippen LogP contribution in [0.15, 0.2) is 29.3 Å². The zero-order chi connectivity index (χ0) is 17.0. The molecule has 0 saturated carbocycles. The lowest BCUT2D eigenvalue weighted by Gasteiger charge is -2.31. The SMILES string of the molecule is C[NH+](C)CCN=CC1C(=O)NC(=S)N(c2ccccc2F)C1=O. The van der Waals surface area contributed by atoms with Gasteiger partial charge < -0.3 is 10.2 Å². The van der Waals surface area contributed by atoms with Crippen molar-refractivity contribution >= 4 is 41.0 Å². The van der Waals surface area contributed by atoms with E-state index in [1.807, 2.05) is 14.1 Å². The molecule has 1 unspecified atom stereocenters. The highest BCUT2D eigenvalue weighted by molar-refractivity contribution is 7.80. The number of carbonyl (C=O) groups excluding carboxylic acids is 2. The molecule has 2 N–H and O–H groups in total. The summed E-state index contributed by atoms with van der Waals surface area (Å²) >= 11 is 5.00. The van der Waals surface area contributed by atoms with Gasteiger partial charge in [0.1, 0.15) is 5.82 Å². The average Bonchev–Trinajstić information content (AvgIpc) is 2.47. The van der Waals surface area contributed by atoms with Gasteiger partial charge in [-0.3, -0.25) is 19.5 Å². The Morgan fingerprint density at radius 2 is 2.09 bits per heavy atom. The summed E-state index contributed by atoms with van der Waals surface area (Å²) in [4.78, 5) is 30.8. The number of likely N-dealkylation sites (N-methyl/N-ethyl adjacent to an activating group) is 1. The van der Waals surface area contributed by atoms with Crippen LogP contribution >= 0.6 is 12.2 Å². The second kappa shape index (κ2) is 7.38. The van der Waals surface area contributed by atoms with Crippen molar-refractivity contribution in [1.82, 2.24) is 5.32 Å². The maximum atomic E-state index is 13.9. The predicted octanol–water partition coefficient (Wildman–Crippen LogP) is -0.595. The molecule has 2 rings (SSSR count). The van der Waals surface area contributed by atoms with Crippen molar-refractivity contribution in [3.05, 3.63) is 30.1 Å². The molecule has 1 aromatic rings. The van der Waals surface area contributed by atoms with E-state index in [0.29, 0.717) is 6.54 Å². The average molecular weight is 337 g/mol. The van der Waals surface area contributed by atoms with Gasteiger partial charge in [-0.15, -0.1) is 0 Å². The van der Waals surface area contributed by atoms with E-state index in [1.165, 1.54) is 29.3 Å². The van der Waals surface area contributed by atoms with Gasteiger partial charge in [0.25, 0.3) is 5.91 Å². The first-order chi connectivity index (χ1) is 10.9. The van der Waals surface area contributed by atoms with Crippen LogP contribution in [0.3, 0.4) is 0 Å². The van der Waals surface area contributed by atoms with Crippen LogP contribution in [-0.2, 0) is 9.59 Å². The Morgan fingerprint density at radius 3 is 2.74 bits per heavy atom. The van der Waals surface area contributed by atoms with Gasteiger partial charge in [0, 0.05) is 6.21 Å². The summed E-state index contributed by atoms with van der Waals surface area (Å²) in [6, 6.07) is 5.76. The lowest BCUT2D eigenvalue weighted by atomic mass is 10.1. The van der Waals surface area contributed by atoms with Crippen LogP contribution in [0.5, 0.6) is 0 Å². The molecule has 122 valence electrons. The Hall–Kier alpha value is -2.19. The van der Waals surface area contributed by atoms with Crippen LogP contribution in [0.4, 0.5) is 10.1 Å². The van der Waals surface area contributed by atoms with Crippen LogP contribution in [0.1, 0.15) is 0 Å². The standard InChI is InChI=1S/C15H17FN4O2S/c1-19(2)8-7-17-9-10-13(21)18-15(23)20(14(10)22)12-6-4-3-5-11(12)16/h3-6,9-10H,7-8H2,1-2H3,(H,18,21,23)/p+1. The van der Waals surface area contributed by atoms with Crippen LogP contribution in [0.25, 0.3) is 0 Å². The van der Waals surface area contributed by atoms with E-state index in [0.717, 1.165) is 11.4 Å². The topological polar surface area (TPSA) is 66.2 Å². The summed E-state index contributed by atoms with van der Waals surface area (Å²) in [5.74, 6) is -2.86. The third kappa shape index (κ3) is 3.96. The van der Waals surface area contributed by atoms with Crippen LogP contribution in [0, 0.1) is 11.7 Å². The number of halogens is 1. The second-order valence-electron chi connectivity index (χ2n) is 5.41. The number of aliphatic imine (C=N–C) groups is 1. The van der Waals surface area contributed by atoms with E-state index in [4.69, 9.17) is 12.2 Å². The molecule has 8 heteroatoms. The van der Waals surface area contributed by atoms with Gasteiger partial charge in [-0.2, -0.15) is 0 Å². The zero-order valence-corrected chi connectivity index (χ0v) is 13.7. The van der Waals surface area contributed by atoms with Crippen LogP contribution in [-0.4, -0.2) is 50.3 Å². The number of anilines is 1. The molecule has 0 spiro atoms. The van der Waals surface area contributed by atoms with Crippen molar-refractivity contribution in [1.29, 1.82) is 0 Å². The first-order valence-electron chi connectivity index (χ1n) is 7.14. The number of para-hydroxylation sites is 1. The number of carbonyl (C=O) groups is 2. The van der Waals surface area contributed by atoms with Crippen molar-refractivity contribution < 1.29 is 18.9 Å². The number of hydrogen-bond acceptors (Lipinski definition) is 4. The summed E-state index contributed by atoms with van der Waals surface area (Å²) in [6.07, 6.45) is 1.30. The lowest BCUT2D eigenvalue weighted by molar-refractivity contribution is -0.856. The highest BCUT2D eigenvalue weighted by atomic mass is 32.1. The van der Waals surface area contributed by atoms with Gasteiger partial charge >= 0.3 is 0 Å². The maximum absolute atomic E-state index is 13.9. The van der Waals surface area contributed by atoms with Crippen molar-refractivity contribution in [3.63, 3.8) is 0 Å². The minimum absolute atomic E-state index is 0.0126. The summed E-state index contributed by atoms with van der Waals surface area (Å²) < 4.78 is 13.9. The van der Waals surface area contributed by atoms with Crippen molar-refractivity contribution in [3.8, 4) is 0 Å². The monoisotopic (exact) mass is 337 g/mol. The van der Waals surface area contributed by atoms with Gasteiger partial charge in [0.15, 0.2) is 11.0 Å². The number of nitrogens with one attached hydrogen (secondary N) is 2. The molecular formula is C15H18FN4O2S+. The van der Waals surface area contributed by atoms with Gasteiger partial charge in [-0.25, -0.2) is 4.39 Å². The van der Waals surface area contributed by atoms with Crippen molar-refractivity contribution in [2.45, 2.75) is 0 Å². The minimum Gasteiger partial charge on any atom is -0.338 e. The smallest absolute Gasteiger partial charge is 0.251 e. The first kappa shape index (κ1) is 17.2. The van der Waals surface area contributed by atoms with Crippen LogP contribution < -0.4 is 15.1 Å². The lowest BCUT2D eigenvalue weighted by Crippen LogP contribution is -3.06. The number of rotatable bonds is 5. The first-order valence-corrected chi connectivity index (χ1v) is 7.55. The van der Waals surface area contributed by atoms with Crippen LogP contribution in [0.2, 0.25) is 0 Å². The Labute approximate surface area is 139 Å². The molecule has 1 heterocycles. The molecule has 0 aliphatic carbocycles. The molecule has 0 radical (unpaired) electrons. The number of amides is 2. The number of nitrogens with zero attached hydrogens (tertiary/aromatic N) is 2. The largest absolute Gasteiger partial charge is 0.338 e. The van der Waals surface area contributed by atoms with E-state index in [1.54, 1.807) is 6.07 Å². The van der Waals surface area contributed by atoms with Crippen molar-refractivity contribution in [2.75, 3.05) is 32.1 Å². The number of hydrogen-bond donors (Lipinski definition) is 2. The molecule has 1 atom stereocenters. The van der Waals surface area contributed by atoms with E-state index in [2.05, 4.69) is 10.3 Å². The summed E-state index contributed by atoms with van der Waals surface area (Å²) in [5, 5.41) is 2.29. The summed E-state index contributed by atoms with van der Waals surface area (Å²) in [7, 11) is 3.96. The van der Waals surface area contributed by atoms with E-state index in [9.17, 15) is 14.0 Å². The number of thiocarbonyl (C=S) groups is 1. The second-order valence-corrected chi connectivity index (χ2v) is 5.80. The quantitative estimate of drug-likeness (QED) is 0.429. The maximum Gasteiger partial charge on any atom is 0.251 e. The fourth-order valence-corrected chi connectivity index (χ4v) is 2.34. The minimum atomic E-state index is -1.11. The fraction of sp³-hybridized carbons (Fsp3) is 0.333. The Balaban J connectivity index is 2.22. The number of benzene rings is 1. The number of quaternary nitrogens is 1. The summed E-state index contributed by atoms with van der Waals surface area (Å²) in [6.45, 7) is 1.26. The molecule has 1 aliphatic heterocycles. The van der Waals surface area contributed by atoms with E-state index in [-0.39, 0.29) is 10.8 Å².